The van der Waals surface area contributed by atoms with Crippen LogP contribution in [0.4, 0.5) is 0 Å². The molecule has 0 saturated heterocycles. The Hall–Kier alpha value is -3.89. The maximum absolute atomic E-state index is 5.02. The van der Waals surface area contributed by atoms with Gasteiger partial charge in [-0.25, -0.2) is 15.0 Å². The van der Waals surface area contributed by atoms with Gasteiger partial charge in [-0.15, -0.1) is 11.3 Å². The topological polar surface area (TPSA) is 38.7 Å². The van der Waals surface area contributed by atoms with Crippen LogP contribution < -0.4 is 0 Å². The highest BCUT2D eigenvalue weighted by molar-refractivity contribution is 7.26. The summed E-state index contributed by atoms with van der Waals surface area (Å²) in [6, 6.07) is 30.1. The monoisotopic (exact) mass is 441 g/mol. The number of benzene rings is 4. The Kier molecular flexibility index (Phi) is 3.99. The molecule has 0 saturated carbocycles. The van der Waals surface area contributed by atoms with Crippen LogP contribution in [0, 0.1) is 6.92 Å². The Labute approximate surface area is 195 Å². The van der Waals surface area contributed by atoms with Crippen molar-refractivity contribution in [2.45, 2.75) is 13.3 Å². The fourth-order valence-electron chi connectivity index (χ4n) is 5.01. The molecular formula is C29H19N3S. The lowest BCUT2D eigenvalue weighted by atomic mass is 10.0. The van der Waals surface area contributed by atoms with Gasteiger partial charge in [0, 0.05) is 31.3 Å². The minimum absolute atomic E-state index is 0.737. The van der Waals surface area contributed by atoms with E-state index in [-0.39, 0.29) is 0 Å². The SMILES string of the molecule is Cc1nc(-c2cccc3c2Cc2ccccc2-3)nc(-c2cccc3c2sc2ccccc23)n1. The van der Waals surface area contributed by atoms with E-state index < -0.39 is 0 Å². The van der Waals surface area contributed by atoms with Gasteiger partial charge in [0.25, 0.3) is 0 Å². The molecule has 1 aliphatic carbocycles. The molecular weight excluding hydrogens is 422 g/mol. The van der Waals surface area contributed by atoms with E-state index in [2.05, 4.69) is 84.9 Å². The molecule has 0 bridgehead atoms. The van der Waals surface area contributed by atoms with Crippen LogP contribution in [-0.4, -0.2) is 15.0 Å². The summed E-state index contributed by atoms with van der Waals surface area (Å²) < 4.78 is 2.51. The molecule has 0 amide bonds. The molecule has 0 fully saturated rings. The highest BCUT2D eigenvalue weighted by Crippen LogP contribution is 2.42. The molecule has 1 aliphatic rings. The van der Waals surface area contributed by atoms with Crippen LogP contribution in [0.25, 0.3) is 54.1 Å². The number of thiophene rings is 1. The molecule has 0 N–H and O–H groups in total. The predicted molar refractivity (Wildman–Crippen MR) is 137 cm³/mol. The molecule has 2 aromatic heterocycles. The molecule has 0 spiro atoms. The first-order valence-corrected chi connectivity index (χ1v) is 11.9. The molecule has 3 nitrogen and oxygen atoms in total. The van der Waals surface area contributed by atoms with Crippen LogP contribution in [0.3, 0.4) is 0 Å². The van der Waals surface area contributed by atoms with E-state index in [1.54, 1.807) is 11.3 Å². The Balaban J connectivity index is 1.43. The first-order chi connectivity index (χ1) is 16.3. The van der Waals surface area contributed by atoms with Crippen LogP contribution in [0.15, 0.2) is 84.9 Å². The second-order valence-electron chi connectivity index (χ2n) is 8.48. The molecule has 0 atom stereocenters. The van der Waals surface area contributed by atoms with Gasteiger partial charge in [-0.2, -0.15) is 0 Å². The van der Waals surface area contributed by atoms with Crippen LogP contribution in [-0.2, 0) is 6.42 Å². The molecule has 0 unspecified atom stereocenters. The largest absolute Gasteiger partial charge is 0.213 e. The standard InChI is InChI=1S/C29H19N3S/c1-17-30-28(23-13-6-11-20-19-9-3-2-8-18(19)16-25(20)23)32-29(31-17)24-14-7-12-22-21-10-4-5-15-26(21)33-27(22)24/h2-15H,16H2,1H3. The molecule has 2 heterocycles. The Bertz CT molecular complexity index is 1710. The molecule has 156 valence electrons. The van der Waals surface area contributed by atoms with Gasteiger partial charge in [0.2, 0.25) is 0 Å². The Morgan fingerprint density at radius 1 is 0.606 bits per heavy atom. The lowest BCUT2D eigenvalue weighted by Crippen LogP contribution is -2.01. The molecule has 0 aliphatic heterocycles. The number of hydrogen-bond donors (Lipinski definition) is 0. The Morgan fingerprint density at radius 3 is 2.21 bits per heavy atom. The number of rotatable bonds is 2. The fourth-order valence-corrected chi connectivity index (χ4v) is 6.22. The van der Waals surface area contributed by atoms with Crippen molar-refractivity contribution in [1.29, 1.82) is 0 Å². The van der Waals surface area contributed by atoms with E-state index in [0.717, 1.165) is 35.0 Å². The van der Waals surface area contributed by atoms with E-state index in [1.165, 1.54) is 42.4 Å². The molecule has 6 aromatic rings. The van der Waals surface area contributed by atoms with Crippen LogP contribution in [0.1, 0.15) is 17.0 Å². The van der Waals surface area contributed by atoms with Gasteiger partial charge in [-0.05, 0) is 47.7 Å². The van der Waals surface area contributed by atoms with E-state index in [0.29, 0.717) is 0 Å². The minimum atomic E-state index is 0.737. The fraction of sp³-hybridized carbons (Fsp3) is 0.0690. The maximum atomic E-state index is 5.02. The van der Waals surface area contributed by atoms with Crippen molar-refractivity contribution in [2.24, 2.45) is 0 Å². The van der Waals surface area contributed by atoms with Crippen LogP contribution in [0.5, 0.6) is 0 Å². The third kappa shape index (κ3) is 2.84. The smallest absolute Gasteiger partial charge is 0.165 e. The molecule has 4 heteroatoms. The quantitative estimate of drug-likeness (QED) is 0.280. The summed E-state index contributed by atoms with van der Waals surface area (Å²) in [6.45, 7) is 1.96. The van der Waals surface area contributed by atoms with Crippen molar-refractivity contribution >= 4 is 31.5 Å². The second-order valence-corrected chi connectivity index (χ2v) is 9.53. The highest BCUT2D eigenvalue weighted by Gasteiger charge is 2.23. The van der Waals surface area contributed by atoms with E-state index in [9.17, 15) is 0 Å². The summed E-state index contributed by atoms with van der Waals surface area (Å²) in [5.41, 5.74) is 7.43. The van der Waals surface area contributed by atoms with Crippen molar-refractivity contribution in [3.63, 3.8) is 0 Å². The summed E-state index contributed by atoms with van der Waals surface area (Å²) in [7, 11) is 0. The Morgan fingerprint density at radius 2 is 1.27 bits per heavy atom. The van der Waals surface area contributed by atoms with Crippen LogP contribution in [0.2, 0.25) is 0 Å². The number of aromatic nitrogens is 3. The van der Waals surface area contributed by atoms with Crippen molar-refractivity contribution in [1.82, 2.24) is 15.0 Å². The first-order valence-electron chi connectivity index (χ1n) is 11.1. The van der Waals surface area contributed by atoms with Gasteiger partial charge in [-0.1, -0.05) is 72.8 Å². The first kappa shape index (κ1) is 18.7. The summed E-state index contributed by atoms with van der Waals surface area (Å²) in [6.07, 6.45) is 0.910. The number of aryl methyl sites for hydroxylation is 1. The third-order valence-corrected chi connectivity index (χ3v) is 7.70. The third-order valence-electron chi connectivity index (χ3n) is 6.48. The zero-order valence-corrected chi connectivity index (χ0v) is 18.9. The number of fused-ring (bicyclic) bond motifs is 6. The summed E-state index contributed by atoms with van der Waals surface area (Å²) in [4.78, 5) is 14.6. The number of nitrogens with zero attached hydrogens (tertiary/aromatic N) is 3. The zero-order valence-electron chi connectivity index (χ0n) is 18.0. The molecule has 7 rings (SSSR count). The maximum Gasteiger partial charge on any atom is 0.165 e. The summed E-state index contributed by atoms with van der Waals surface area (Å²) in [5.74, 6) is 2.23. The van der Waals surface area contributed by atoms with Crippen molar-refractivity contribution in [3.8, 4) is 33.9 Å². The van der Waals surface area contributed by atoms with Gasteiger partial charge in [0.15, 0.2) is 11.6 Å². The van der Waals surface area contributed by atoms with Gasteiger partial charge in [0.05, 0.1) is 0 Å². The molecule has 33 heavy (non-hydrogen) atoms. The molecule has 4 aromatic carbocycles. The summed E-state index contributed by atoms with van der Waals surface area (Å²) in [5, 5.41) is 2.53. The van der Waals surface area contributed by atoms with Gasteiger partial charge < -0.3 is 0 Å². The highest BCUT2D eigenvalue weighted by atomic mass is 32.1. The average molecular weight is 442 g/mol. The van der Waals surface area contributed by atoms with E-state index in [1.807, 2.05) is 6.92 Å². The summed E-state index contributed by atoms with van der Waals surface area (Å²) >= 11 is 1.80. The van der Waals surface area contributed by atoms with Gasteiger partial charge in [-0.3, -0.25) is 0 Å². The zero-order chi connectivity index (χ0) is 21.9. The van der Waals surface area contributed by atoms with Crippen molar-refractivity contribution in [2.75, 3.05) is 0 Å². The molecule has 0 radical (unpaired) electrons. The van der Waals surface area contributed by atoms with Gasteiger partial charge in [0.1, 0.15) is 5.82 Å². The van der Waals surface area contributed by atoms with E-state index >= 15 is 0 Å². The lowest BCUT2D eigenvalue weighted by molar-refractivity contribution is 0.990. The van der Waals surface area contributed by atoms with Crippen molar-refractivity contribution in [3.05, 3.63) is 102 Å². The lowest BCUT2D eigenvalue weighted by Gasteiger charge is -2.10. The average Bonchev–Trinajstić information content (AvgIpc) is 3.42. The second kappa shape index (κ2) is 7.06. The minimum Gasteiger partial charge on any atom is -0.213 e. The predicted octanol–water partition coefficient (Wildman–Crippen LogP) is 7.45. The van der Waals surface area contributed by atoms with Crippen LogP contribution >= 0.6 is 11.3 Å². The normalized spacial score (nSPS) is 12.3. The van der Waals surface area contributed by atoms with Gasteiger partial charge >= 0.3 is 0 Å². The van der Waals surface area contributed by atoms with E-state index in [4.69, 9.17) is 15.0 Å². The van der Waals surface area contributed by atoms with Crippen molar-refractivity contribution < 1.29 is 0 Å². The number of hydrogen-bond acceptors (Lipinski definition) is 4.